The molecular weight excluding hydrogens is 262 g/mol. The zero-order valence-electron chi connectivity index (χ0n) is 11.8. The largest absolute Gasteiger partial charge is 0.497 e. The van der Waals surface area contributed by atoms with Crippen molar-refractivity contribution in [1.29, 1.82) is 0 Å². The van der Waals surface area contributed by atoms with Crippen molar-refractivity contribution in [3.8, 4) is 5.75 Å². The molecule has 0 spiro atoms. The van der Waals surface area contributed by atoms with Gasteiger partial charge in [-0.15, -0.1) is 0 Å². The molecule has 0 unspecified atom stereocenters. The Kier molecular flexibility index (Phi) is 3.60. The lowest BCUT2D eigenvalue weighted by molar-refractivity contribution is 0.414. The van der Waals surface area contributed by atoms with Gasteiger partial charge in [0, 0.05) is 29.5 Å². The third-order valence-corrected chi connectivity index (χ3v) is 3.41. The molecule has 0 radical (unpaired) electrons. The number of hydrogen-bond acceptors (Lipinski definition) is 4. The number of nitrogens with zero attached hydrogens (tertiary/aromatic N) is 1. The molecule has 3 aromatic rings. The number of aromatic nitrogens is 1. The summed E-state index contributed by atoms with van der Waals surface area (Å²) in [4.78, 5) is 4.34. The molecule has 0 fully saturated rings. The summed E-state index contributed by atoms with van der Waals surface area (Å²) in [5.74, 6) is 0.864. The fourth-order valence-corrected chi connectivity index (χ4v) is 2.26. The van der Waals surface area contributed by atoms with Crippen LogP contribution in [0.1, 0.15) is 5.56 Å². The highest BCUT2D eigenvalue weighted by Crippen LogP contribution is 2.24. The van der Waals surface area contributed by atoms with Gasteiger partial charge in [-0.25, -0.2) is 0 Å². The molecule has 0 aliphatic rings. The zero-order valence-corrected chi connectivity index (χ0v) is 11.8. The molecule has 0 saturated heterocycles. The molecular formula is C17H17N3O. The molecule has 0 amide bonds. The summed E-state index contributed by atoms with van der Waals surface area (Å²) in [6.07, 6.45) is 1.79. The summed E-state index contributed by atoms with van der Waals surface area (Å²) in [7, 11) is 1.67. The van der Waals surface area contributed by atoms with E-state index in [0.29, 0.717) is 0 Å². The van der Waals surface area contributed by atoms with E-state index < -0.39 is 0 Å². The minimum absolute atomic E-state index is 0.724. The smallest absolute Gasteiger partial charge is 0.118 e. The lowest BCUT2D eigenvalue weighted by atomic mass is 10.1. The van der Waals surface area contributed by atoms with E-state index in [1.54, 1.807) is 13.3 Å². The number of fused-ring (bicyclic) bond motifs is 1. The molecule has 21 heavy (non-hydrogen) atoms. The number of rotatable bonds is 4. The minimum atomic E-state index is 0.724. The van der Waals surface area contributed by atoms with Crippen molar-refractivity contribution in [1.82, 2.24) is 4.98 Å². The number of nitrogen functional groups attached to an aromatic ring is 1. The maximum absolute atomic E-state index is 5.79. The average Bonchev–Trinajstić information content (AvgIpc) is 2.53. The first-order valence-electron chi connectivity index (χ1n) is 6.77. The Morgan fingerprint density at radius 2 is 1.90 bits per heavy atom. The first kappa shape index (κ1) is 13.2. The van der Waals surface area contributed by atoms with Gasteiger partial charge in [0.15, 0.2) is 0 Å². The fourth-order valence-electron chi connectivity index (χ4n) is 2.26. The second-order valence-corrected chi connectivity index (χ2v) is 4.84. The molecule has 106 valence electrons. The molecule has 0 bridgehead atoms. The van der Waals surface area contributed by atoms with Crippen LogP contribution < -0.4 is 15.8 Å². The van der Waals surface area contributed by atoms with Crippen LogP contribution in [0, 0.1) is 0 Å². The van der Waals surface area contributed by atoms with Crippen LogP contribution in [0.25, 0.3) is 10.9 Å². The Bertz CT molecular complexity index is 754. The lowest BCUT2D eigenvalue weighted by Crippen LogP contribution is -2.00. The Labute approximate surface area is 123 Å². The molecule has 1 aromatic heterocycles. The van der Waals surface area contributed by atoms with Crippen molar-refractivity contribution >= 4 is 22.3 Å². The summed E-state index contributed by atoms with van der Waals surface area (Å²) in [6, 6.07) is 15.8. The predicted molar refractivity (Wildman–Crippen MR) is 86.5 cm³/mol. The van der Waals surface area contributed by atoms with Crippen LogP contribution in [0.15, 0.2) is 54.7 Å². The Morgan fingerprint density at radius 3 is 2.67 bits per heavy atom. The van der Waals surface area contributed by atoms with Gasteiger partial charge in [0.05, 0.1) is 12.6 Å². The standard InChI is InChI=1S/C17H17N3O/c1-21-14-5-2-12(3-6-14)11-20-16-8-9-19-17-10-13(18)4-7-15(16)17/h2-10H,11,18H2,1H3,(H,19,20). The molecule has 1 heterocycles. The van der Waals surface area contributed by atoms with Crippen molar-refractivity contribution < 1.29 is 4.74 Å². The molecule has 0 aliphatic carbocycles. The first-order valence-corrected chi connectivity index (χ1v) is 6.77. The van der Waals surface area contributed by atoms with Crippen LogP contribution >= 0.6 is 0 Å². The summed E-state index contributed by atoms with van der Waals surface area (Å²) in [6.45, 7) is 0.744. The summed E-state index contributed by atoms with van der Waals surface area (Å²) < 4.78 is 5.16. The number of pyridine rings is 1. The van der Waals surface area contributed by atoms with Gasteiger partial charge in [0.25, 0.3) is 0 Å². The Hall–Kier alpha value is -2.75. The summed E-state index contributed by atoms with van der Waals surface area (Å²) in [5, 5.41) is 4.51. The third kappa shape index (κ3) is 2.89. The van der Waals surface area contributed by atoms with Gasteiger partial charge in [0.2, 0.25) is 0 Å². The number of anilines is 2. The molecule has 2 aromatic carbocycles. The molecule has 4 heteroatoms. The highest BCUT2D eigenvalue weighted by Gasteiger charge is 2.02. The van der Waals surface area contributed by atoms with Gasteiger partial charge >= 0.3 is 0 Å². The molecule has 0 atom stereocenters. The van der Waals surface area contributed by atoms with Gasteiger partial charge in [-0.05, 0) is 42.0 Å². The molecule has 4 nitrogen and oxygen atoms in total. The number of methoxy groups -OCH3 is 1. The molecule has 0 saturated carbocycles. The topological polar surface area (TPSA) is 60.2 Å². The minimum Gasteiger partial charge on any atom is -0.497 e. The fraction of sp³-hybridized carbons (Fsp3) is 0.118. The Balaban J connectivity index is 1.81. The summed E-state index contributed by atoms with van der Waals surface area (Å²) >= 11 is 0. The van der Waals surface area contributed by atoms with E-state index in [4.69, 9.17) is 10.5 Å². The number of nitrogens with one attached hydrogen (secondary N) is 1. The van der Waals surface area contributed by atoms with Gasteiger partial charge in [-0.3, -0.25) is 4.98 Å². The van der Waals surface area contributed by atoms with Crippen molar-refractivity contribution in [3.63, 3.8) is 0 Å². The highest BCUT2D eigenvalue weighted by molar-refractivity contribution is 5.92. The molecule has 3 N–H and O–H groups in total. The maximum Gasteiger partial charge on any atom is 0.118 e. The van der Waals surface area contributed by atoms with Gasteiger partial charge < -0.3 is 15.8 Å². The summed E-state index contributed by atoms with van der Waals surface area (Å²) in [5.41, 5.74) is 9.66. The second kappa shape index (κ2) is 5.71. The average molecular weight is 279 g/mol. The van der Waals surface area contributed by atoms with E-state index in [-0.39, 0.29) is 0 Å². The lowest BCUT2D eigenvalue weighted by Gasteiger charge is -2.10. The van der Waals surface area contributed by atoms with Gasteiger partial charge in [-0.1, -0.05) is 12.1 Å². The van der Waals surface area contributed by atoms with Crippen LogP contribution in [0.5, 0.6) is 5.75 Å². The van der Waals surface area contributed by atoms with E-state index >= 15 is 0 Å². The maximum atomic E-state index is 5.79. The second-order valence-electron chi connectivity index (χ2n) is 4.84. The van der Waals surface area contributed by atoms with Crippen LogP contribution in [0.3, 0.4) is 0 Å². The van der Waals surface area contributed by atoms with Gasteiger partial charge in [-0.2, -0.15) is 0 Å². The van der Waals surface area contributed by atoms with Crippen LogP contribution in [-0.2, 0) is 6.54 Å². The van der Waals surface area contributed by atoms with Crippen molar-refractivity contribution in [3.05, 3.63) is 60.3 Å². The number of nitrogens with two attached hydrogens (primary N) is 1. The van der Waals surface area contributed by atoms with Crippen LogP contribution in [0.2, 0.25) is 0 Å². The Morgan fingerprint density at radius 1 is 1.10 bits per heavy atom. The number of benzene rings is 2. The van der Waals surface area contributed by atoms with E-state index in [9.17, 15) is 0 Å². The zero-order chi connectivity index (χ0) is 14.7. The van der Waals surface area contributed by atoms with E-state index in [0.717, 1.165) is 34.6 Å². The SMILES string of the molecule is COc1ccc(CNc2ccnc3cc(N)ccc23)cc1. The number of ether oxygens (including phenoxy) is 1. The van der Waals surface area contributed by atoms with Crippen molar-refractivity contribution in [2.75, 3.05) is 18.2 Å². The van der Waals surface area contributed by atoms with Crippen LogP contribution in [0.4, 0.5) is 11.4 Å². The monoisotopic (exact) mass is 279 g/mol. The highest BCUT2D eigenvalue weighted by atomic mass is 16.5. The van der Waals surface area contributed by atoms with Crippen LogP contribution in [-0.4, -0.2) is 12.1 Å². The molecule has 0 aliphatic heterocycles. The van der Waals surface area contributed by atoms with E-state index in [1.807, 2.05) is 48.5 Å². The first-order chi connectivity index (χ1) is 10.3. The van der Waals surface area contributed by atoms with E-state index in [1.165, 1.54) is 5.56 Å². The molecule has 3 rings (SSSR count). The third-order valence-electron chi connectivity index (χ3n) is 3.41. The van der Waals surface area contributed by atoms with Crippen molar-refractivity contribution in [2.24, 2.45) is 0 Å². The number of hydrogen-bond donors (Lipinski definition) is 2. The quantitative estimate of drug-likeness (QED) is 0.718. The van der Waals surface area contributed by atoms with Crippen molar-refractivity contribution in [2.45, 2.75) is 6.54 Å². The van der Waals surface area contributed by atoms with E-state index in [2.05, 4.69) is 10.3 Å². The predicted octanol–water partition coefficient (Wildman–Crippen LogP) is 3.44. The normalized spacial score (nSPS) is 10.5. The van der Waals surface area contributed by atoms with Gasteiger partial charge in [0.1, 0.15) is 5.75 Å².